The normalized spacial score (nSPS) is 12.5. The van der Waals surface area contributed by atoms with Crippen LogP contribution in [0.5, 0.6) is 0 Å². The van der Waals surface area contributed by atoms with Crippen LogP contribution in [-0.2, 0) is 12.8 Å². The van der Waals surface area contributed by atoms with Crippen LogP contribution in [0.3, 0.4) is 0 Å². The van der Waals surface area contributed by atoms with Gasteiger partial charge in [-0.3, -0.25) is 4.57 Å². The Hall–Kier alpha value is -4.77. The molecule has 0 aliphatic carbocycles. The number of urea groups is 1. The molecule has 5 aromatic rings. The third-order valence-corrected chi connectivity index (χ3v) is 7.97. The second-order valence-electron chi connectivity index (χ2n) is 10.8. The number of halogens is 3. The van der Waals surface area contributed by atoms with Crippen LogP contribution >= 0.6 is 11.3 Å². The minimum absolute atomic E-state index is 0.184. The highest BCUT2D eigenvalue weighted by Crippen LogP contribution is 2.23. The predicted octanol–water partition coefficient (Wildman–Crippen LogP) is 8.13. The van der Waals surface area contributed by atoms with Crippen molar-refractivity contribution in [2.75, 3.05) is 0 Å². The summed E-state index contributed by atoms with van der Waals surface area (Å²) in [6.45, 7) is 8.02. The number of hydrogen-bond donors (Lipinski definition) is 1. The molecule has 2 amide bonds. The Balaban J connectivity index is 1.27. The van der Waals surface area contributed by atoms with Crippen molar-refractivity contribution in [2.45, 2.75) is 53.1 Å². The average molecular weight is 631 g/mol. The average Bonchev–Trinajstić information content (AvgIpc) is 3.61. The lowest BCUT2D eigenvalue weighted by Crippen LogP contribution is -2.23. The third-order valence-electron chi connectivity index (χ3n) is 7.03. The Morgan fingerprint density at radius 2 is 1.78 bits per heavy atom. The van der Waals surface area contributed by atoms with Crippen LogP contribution in [0.15, 0.2) is 89.1 Å². The van der Waals surface area contributed by atoms with E-state index in [4.69, 9.17) is 0 Å². The van der Waals surface area contributed by atoms with Gasteiger partial charge in [0.25, 0.3) is 0 Å². The minimum Gasteiger partial charge on any atom is -0.310 e. The lowest BCUT2D eigenvalue weighted by atomic mass is 10.1. The molecule has 0 atom stereocenters. The molecule has 0 fully saturated rings. The van der Waals surface area contributed by atoms with Crippen LogP contribution in [0.4, 0.5) is 18.0 Å². The first-order chi connectivity index (χ1) is 21.5. The Kier molecular flexibility index (Phi) is 9.48. The zero-order valence-electron chi connectivity index (χ0n) is 25.4. The van der Waals surface area contributed by atoms with Crippen LogP contribution < -0.4 is 10.1 Å². The third kappa shape index (κ3) is 8.04. The zero-order chi connectivity index (χ0) is 32.1. The van der Waals surface area contributed by atoms with Crippen LogP contribution in [0, 0.1) is 13.8 Å². The smallest absolute Gasteiger partial charge is 0.310 e. The van der Waals surface area contributed by atoms with E-state index < -0.39 is 18.6 Å². The van der Waals surface area contributed by atoms with Gasteiger partial charge in [0.1, 0.15) is 6.33 Å². The van der Waals surface area contributed by atoms with E-state index >= 15 is 0 Å². The number of allylic oxidation sites excluding steroid dienone is 1. The molecule has 11 heteroatoms. The van der Waals surface area contributed by atoms with Gasteiger partial charge in [-0.2, -0.15) is 18.2 Å². The Morgan fingerprint density at radius 3 is 2.47 bits per heavy atom. The number of amides is 2. The quantitative estimate of drug-likeness (QED) is 0.188. The number of carbonyl (C=O) groups is 1. The molecular weight excluding hydrogens is 597 g/mol. The van der Waals surface area contributed by atoms with Gasteiger partial charge in [-0.05, 0) is 73.7 Å². The molecular formula is C34H33F3N6OS. The number of benzene rings is 3. The summed E-state index contributed by atoms with van der Waals surface area (Å²) in [4.78, 5) is 22.3. The van der Waals surface area contributed by atoms with E-state index in [0.717, 1.165) is 40.9 Å². The van der Waals surface area contributed by atoms with Gasteiger partial charge in [-0.25, -0.2) is 14.5 Å². The van der Waals surface area contributed by atoms with Crippen molar-refractivity contribution in [3.63, 3.8) is 0 Å². The monoisotopic (exact) mass is 630 g/mol. The summed E-state index contributed by atoms with van der Waals surface area (Å²) >= 11 is 1.43. The molecule has 0 saturated carbocycles. The van der Waals surface area contributed by atoms with Crippen LogP contribution in [-0.4, -0.2) is 31.5 Å². The molecule has 0 spiro atoms. The summed E-state index contributed by atoms with van der Waals surface area (Å²) in [6, 6.07) is 19.5. The fourth-order valence-electron chi connectivity index (χ4n) is 4.94. The lowest BCUT2D eigenvalue weighted by molar-refractivity contribution is -0.127. The molecule has 0 aliphatic rings. The maximum absolute atomic E-state index is 12.9. The summed E-state index contributed by atoms with van der Waals surface area (Å²) in [7, 11) is 0. The summed E-state index contributed by atoms with van der Waals surface area (Å²) in [5.41, 5.74) is 7.48. The number of rotatable bonds is 8. The molecule has 0 radical (unpaired) electrons. The van der Waals surface area contributed by atoms with Gasteiger partial charge in [0.2, 0.25) is 0 Å². The molecule has 232 valence electrons. The number of aromatic nitrogens is 4. The Bertz CT molecular complexity index is 1900. The van der Waals surface area contributed by atoms with Crippen molar-refractivity contribution in [1.82, 2.24) is 24.6 Å². The molecule has 0 unspecified atom stereocenters. The minimum atomic E-state index is -4.25. The van der Waals surface area contributed by atoms with Crippen molar-refractivity contribution < 1.29 is 18.0 Å². The molecule has 7 nitrogen and oxygen atoms in total. The topological polar surface area (TPSA) is 77.1 Å². The fourth-order valence-corrected chi connectivity index (χ4v) is 5.81. The zero-order valence-corrected chi connectivity index (χ0v) is 26.2. The van der Waals surface area contributed by atoms with E-state index in [2.05, 4.69) is 52.4 Å². The van der Waals surface area contributed by atoms with Gasteiger partial charge < -0.3 is 5.32 Å². The summed E-state index contributed by atoms with van der Waals surface area (Å²) in [6.07, 6.45) is 0.0898. The Morgan fingerprint density at radius 1 is 1.04 bits per heavy atom. The SMILES string of the molecule is CCCc1ccc(C)cc1-n1c(C)cs/c1=N\C(=O)N/C(C)=C/c1ccc(-c2ncn(-c3ccc(CC(F)(F)F)cc3)n2)cc1. The second-order valence-corrected chi connectivity index (χ2v) is 11.7. The number of nitrogens with one attached hydrogen (secondary N) is 1. The van der Waals surface area contributed by atoms with Crippen molar-refractivity contribution in [3.05, 3.63) is 117 Å². The number of aryl methyl sites for hydroxylation is 3. The van der Waals surface area contributed by atoms with Crippen LogP contribution in [0.25, 0.3) is 28.8 Å². The van der Waals surface area contributed by atoms with Gasteiger partial charge in [0.05, 0.1) is 17.8 Å². The van der Waals surface area contributed by atoms with E-state index in [1.54, 1.807) is 19.1 Å². The second kappa shape index (κ2) is 13.5. The molecule has 0 bridgehead atoms. The number of hydrogen-bond acceptors (Lipinski definition) is 4. The van der Waals surface area contributed by atoms with E-state index in [0.29, 0.717) is 22.0 Å². The Labute approximate surface area is 263 Å². The van der Waals surface area contributed by atoms with E-state index in [-0.39, 0.29) is 5.56 Å². The highest BCUT2D eigenvalue weighted by atomic mass is 32.1. The standard InChI is InChI=1S/C34H33F3N6OS/c1-5-6-27-12-7-22(2)17-30(27)43-24(4)20-45-33(43)40-32(44)39-23(3)18-25-8-13-28(14-9-25)31-38-21-42(41-31)29-15-10-26(11-16-29)19-34(35,36)37/h7-18,20-21H,5-6,19H2,1-4H3,(H,39,44)/b23-18+,40-33-. The van der Waals surface area contributed by atoms with Crippen LogP contribution in [0.1, 0.15) is 48.2 Å². The van der Waals surface area contributed by atoms with Gasteiger partial charge in [-0.1, -0.05) is 61.9 Å². The number of thiazole rings is 1. The van der Waals surface area contributed by atoms with Crippen molar-refractivity contribution in [1.29, 1.82) is 0 Å². The van der Waals surface area contributed by atoms with E-state index in [1.807, 2.05) is 47.2 Å². The molecule has 0 saturated heterocycles. The summed E-state index contributed by atoms with van der Waals surface area (Å²) in [5.74, 6) is 0.476. The summed E-state index contributed by atoms with van der Waals surface area (Å²) < 4.78 is 41.5. The number of nitrogens with zero attached hydrogens (tertiary/aromatic N) is 5. The highest BCUT2D eigenvalue weighted by molar-refractivity contribution is 7.07. The maximum atomic E-state index is 12.9. The number of alkyl halides is 3. The summed E-state index contributed by atoms with van der Waals surface area (Å²) in [5, 5.41) is 9.33. The van der Waals surface area contributed by atoms with E-state index in [9.17, 15) is 18.0 Å². The lowest BCUT2D eigenvalue weighted by Gasteiger charge is -2.13. The van der Waals surface area contributed by atoms with Crippen molar-refractivity contribution in [3.8, 4) is 22.8 Å². The largest absolute Gasteiger partial charge is 0.393 e. The van der Waals surface area contributed by atoms with Gasteiger partial charge >= 0.3 is 12.2 Å². The van der Waals surface area contributed by atoms with Gasteiger partial charge in [-0.15, -0.1) is 16.4 Å². The highest BCUT2D eigenvalue weighted by Gasteiger charge is 2.27. The molecule has 5 rings (SSSR count). The molecule has 2 heterocycles. The molecule has 0 aliphatic heterocycles. The van der Waals surface area contributed by atoms with Crippen molar-refractivity contribution in [2.24, 2.45) is 4.99 Å². The van der Waals surface area contributed by atoms with Crippen molar-refractivity contribution >= 4 is 23.4 Å². The van der Waals surface area contributed by atoms with Gasteiger partial charge in [0.15, 0.2) is 10.6 Å². The first kappa shape index (κ1) is 31.6. The maximum Gasteiger partial charge on any atom is 0.393 e. The fraction of sp³-hybridized carbons (Fsp3) is 0.235. The molecule has 2 aromatic heterocycles. The first-order valence-corrected chi connectivity index (χ1v) is 15.4. The van der Waals surface area contributed by atoms with Gasteiger partial charge in [0, 0.05) is 22.3 Å². The van der Waals surface area contributed by atoms with Crippen LogP contribution in [0.2, 0.25) is 0 Å². The first-order valence-electron chi connectivity index (χ1n) is 14.5. The number of carbonyl (C=O) groups excluding carboxylic acids is 1. The predicted molar refractivity (Wildman–Crippen MR) is 171 cm³/mol. The van der Waals surface area contributed by atoms with E-state index in [1.165, 1.54) is 40.0 Å². The molecule has 3 aromatic carbocycles. The molecule has 1 N–H and O–H groups in total. The molecule has 45 heavy (non-hydrogen) atoms.